The second-order valence-electron chi connectivity index (χ2n) is 4.09. The van der Waals surface area contributed by atoms with Crippen molar-refractivity contribution in [2.45, 2.75) is 11.8 Å². The van der Waals surface area contributed by atoms with Crippen LogP contribution in [0.3, 0.4) is 0 Å². The van der Waals surface area contributed by atoms with Crippen LogP contribution in [0.4, 0.5) is 11.5 Å². The monoisotopic (exact) mass is 308 g/mol. The number of hydrogen-bond donors (Lipinski definition) is 3. The molecule has 0 unspecified atom stereocenters. The Labute approximate surface area is 123 Å². The summed E-state index contributed by atoms with van der Waals surface area (Å²) >= 11 is 0. The van der Waals surface area contributed by atoms with Crippen molar-refractivity contribution in [2.75, 3.05) is 16.8 Å². The van der Waals surface area contributed by atoms with Gasteiger partial charge < -0.3 is 10.2 Å². The normalized spacial score (nSPS) is 11.0. The van der Waals surface area contributed by atoms with Gasteiger partial charge in [0.1, 0.15) is 16.5 Å². The van der Waals surface area contributed by atoms with Gasteiger partial charge in [-0.3, -0.25) is 4.72 Å². The van der Waals surface area contributed by atoms with Crippen molar-refractivity contribution >= 4 is 21.5 Å². The zero-order valence-electron chi connectivity index (χ0n) is 11.4. The molecule has 7 nitrogen and oxygen atoms in total. The minimum atomic E-state index is -3.69. The molecule has 0 fully saturated rings. The fraction of sp³-hybridized carbons (Fsp3) is 0.154. The quantitative estimate of drug-likeness (QED) is 0.552. The molecule has 0 aliphatic heterocycles. The minimum Gasteiger partial charge on any atom is -0.494 e. The van der Waals surface area contributed by atoms with Crippen molar-refractivity contribution in [1.29, 1.82) is 0 Å². The number of nitrogens with two attached hydrogens (primary N) is 1. The standard InChI is InChI=1S/C13H16N4O3S/c1-2-20-11-5-3-10(4-6-11)17-21(18,19)12-7-8-13(16-14)15-9-12/h3-9,17H,2,14H2,1H3,(H,15,16). The predicted octanol–water partition coefficient (Wildman–Crippen LogP) is 1.57. The molecule has 0 saturated carbocycles. The summed E-state index contributed by atoms with van der Waals surface area (Å²) in [5.74, 6) is 6.25. The maximum absolute atomic E-state index is 12.2. The van der Waals surface area contributed by atoms with Crippen LogP contribution in [0.5, 0.6) is 5.75 Å². The summed E-state index contributed by atoms with van der Waals surface area (Å²) in [6.45, 7) is 2.43. The van der Waals surface area contributed by atoms with Gasteiger partial charge in [0.05, 0.1) is 6.61 Å². The number of nitrogens with zero attached hydrogens (tertiary/aromatic N) is 1. The van der Waals surface area contributed by atoms with Gasteiger partial charge in [0, 0.05) is 11.9 Å². The number of hydrazine groups is 1. The van der Waals surface area contributed by atoms with E-state index in [0.29, 0.717) is 23.9 Å². The molecule has 112 valence electrons. The summed E-state index contributed by atoms with van der Waals surface area (Å²) < 4.78 is 32.1. The molecule has 8 heteroatoms. The van der Waals surface area contributed by atoms with E-state index in [0.717, 1.165) is 0 Å². The van der Waals surface area contributed by atoms with Crippen molar-refractivity contribution in [1.82, 2.24) is 4.98 Å². The van der Waals surface area contributed by atoms with E-state index in [1.165, 1.54) is 18.3 Å². The van der Waals surface area contributed by atoms with Crippen molar-refractivity contribution in [3.63, 3.8) is 0 Å². The van der Waals surface area contributed by atoms with Gasteiger partial charge in [-0.2, -0.15) is 0 Å². The first-order valence-electron chi connectivity index (χ1n) is 6.23. The van der Waals surface area contributed by atoms with Gasteiger partial charge in [0.2, 0.25) is 0 Å². The molecule has 0 aliphatic carbocycles. The largest absolute Gasteiger partial charge is 0.494 e. The number of benzene rings is 1. The Morgan fingerprint density at radius 1 is 1.19 bits per heavy atom. The molecular formula is C13H16N4O3S. The number of ether oxygens (including phenoxy) is 1. The average molecular weight is 308 g/mol. The first-order chi connectivity index (χ1) is 10.0. The smallest absolute Gasteiger partial charge is 0.263 e. The van der Waals surface area contributed by atoms with Gasteiger partial charge in [-0.15, -0.1) is 0 Å². The van der Waals surface area contributed by atoms with Crippen LogP contribution in [0.25, 0.3) is 0 Å². The zero-order valence-corrected chi connectivity index (χ0v) is 12.2. The number of hydrogen-bond acceptors (Lipinski definition) is 6. The van der Waals surface area contributed by atoms with Crippen LogP contribution >= 0.6 is 0 Å². The van der Waals surface area contributed by atoms with Gasteiger partial charge in [-0.1, -0.05) is 0 Å². The summed E-state index contributed by atoms with van der Waals surface area (Å²) in [6, 6.07) is 9.55. The first-order valence-corrected chi connectivity index (χ1v) is 7.72. The SMILES string of the molecule is CCOc1ccc(NS(=O)(=O)c2ccc(NN)nc2)cc1. The maximum atomic E-state index is 12.2. The summed E-state index contributed by atoms with van der Waals surface area (Å²) in [7, 11) is -3.69. The Bertz CT molecular complexity index is 684. The number of aromatic nitrogens is 1. The molecule has 2 rings (SSSR count). The van der Waals surface area contributed by atoms with Crippen molar-refractivity contribution in [3.8, 4) is 5.75 Å². The lowest BCUT2D eigenvalue weighted by molar-refractivity contribution is 0.340. The van der Waals surface area contributed by atoms with Crippen LogP contribution in [0.1, 0.15) is 6.92 Å². The molecule has 0 radical (unpaired) electrons. The summed E-state index contributed by atoms with van der Waals surface area (Å²) in [5.41, 5.74) is 2.78. The third-order valence-corrected chi connectivity index (χ3v) is 3.98. The second-order valence-corrected chi connectivity index (χ2v) is 5.77. The molecule has 0 spiro atoms. The van der Waals surface area contributed by atoms with E-state index >= 15 is 0 Å². The van der Waals surface area contributed by atoms with Crippen molar-refractivity contribution in [2.24, 2.45) is 5.84 Å². The summed E-state index contributed by atoms with van der Waals surface area (Å²) in [6.07, 6.45) is 1.23. The second kappa shape index (κ2) is 6.42. The number of pyridine rings is 1. The third-order valence-electron chi connectivity index (χ3n) is 2.61. The summed E-state index contributed by atoms with van der Waals surface area (Å²) in [4.78, 5) is 3.92. The number of nitrogens with one attached hydrogen (secondary N) is 2. The third kappa shape index (κ3) is 3.83. The Hall–Kier alpha value is -2.32. The van der Waals surface area contributed by atoms with E-state index in [-0.39, 0.29) is 4.90 Å². The molecule has 0 aliphatic rings. The first kappa shape index (κ1) is 15.1. The Balaban J connectivity index is 2.16. The average Bonchev–Trinajstić information content (AvgIpc) is 2.49. The molecule has 2 aromatic rings. The van der Waals surface area contributed by atoms with Crippen molar-refractivity contribution in [3.05, 3.63) is 42.6 Å². The Kier molecular flexibility index (Phi) is 4.61. The van der Waals surface area contributed by atoms with E-state index in [4.69, 9.17) is 10.6 Å². The van der Waals surface area contributed by atoms with Crippen LogP contribution in [0.2, 0.25) is 0 Å². The van der Waals surface area contributed by atoms with Crippen LogP contribution < -0.4 is 20.7 Å². The van der Waals surface area contributed by atoms with Gasteiger partial charge in [-0.25, -0.2) is 19.2 Å². The molecular weight excluding hydrogens is 292 g/mol. The fourth-order valence-electron chi connectivity index (χ4n) is 1.62. The molecule has 21 heavy (non-hydrogen) atoms. The van der Waals surface area contributed by atoms with Crippen molar-refractivity contribution < 1.29 is 13.2 Å². The van der Waals surface area contributed by atoms with Crippen LogP contribution in [0, 0.1) is 0 Å². The Morgan fingerprint density at radius 3 is 2.43 bits per heavy atom. The molecule has 0 saturated heterocycles. The highest BCUT2D eigenvalue weighted by Gasteiger charge is 2.14. The molecule has 1 aromatic heterocycles. The van der Waals surface area contributed by atoms with Gasteiger partial charge in [0.15, 0.2) is 0 Å². The highest BCUT2D eigenvalue weighted by molar-refractivity contribution is 7.92. The lowest BCUT2D eigenvalue weighted by Gasteiger charge is -2.09. The van der Waals surface area contributed by atoms with E-state index in [1.54, 1.807) is 24.3 Å². The fourth-order valence-corrected chi connectivity index (χ4v) is 2.63. The highest BCUT2D eigenvalue weighted by atomic mass is 32.2. The molecule has 0 bridgehead atoms. The number of rotatable bonds is 6. The molecule has 1 aromatic carbocycles. The van der Waals surface area contributed by atoms with E-state index in [1.807, 2.05) is 6.92 Å². The van der Waals surface area contributed by atoms with E-state index in [2.05, 4.69) is 15.1 Å². The number of nitrogen functional groups attached to an aromatic ring is 1. The predicted molar refractivity (Wildman–Crippen MR) is 80.5 cm³/mol. The van der Waals surface area contributed by atoms with Crippen LogP contribution in [0.15, 0.2) is 47.5 Å². The summed E-state index contributed by atoms with van der Waals surface area (Å²) in [5, 5.41) is 0. The van der Waals surface area contributed by atoms with Crippen LogP contribution in [-0.4, -0.2) is 20.0 Å². The number of anilines is 2. The lowest BCUT2D eigenvalue weighted by Crippen LogP contribution is -2.14. The topological polar surface area (TPSA) is 106 Å². The zero-order chi connectivity index (χ0) is 15.3. The van der Waals surface area contributed by atoms with Crippen LogP contribution in [-0.2, 0) is 10.0 Å². The highest BCUT2D eigenvalue weighted by Crippen LogP contribution is 2.19. The Morgan fingerprint density at radius 2 is 1.90 bits per heavy atom. The molecule has 1 heterocycles. The minimum absolute atomic E-state index is 0.0513. The molecule has 0 amide bonds. The number of sulfonamides is 1. The lowest BCUT2D eigenvalue weighted by atomic mass is 10.3. The molecule has 4 N–H and O–H groups in total. The van der Waals surface area contributed by atoms with Gasteiger partial charge >= 0.3 is 0 Å². The van der Waals surface area contributed by atoms with Gasteiger partial charge in [-0.05, 0) is 43.3 Å². The molecule has 0 atom stereocenters. The van der Waals surface area contributed by atoms with E-state index < -0.39 is 10.0 Å². The maximum Gasteiger partial charge on any atom is 0.263 e. The van der Waals surface area contributed by atoms with E-state index in [9.17, 15) is 8.42 Å². The van der Waals surface area contributed by atoms with Gasteiger partial charge in [0.25, 0.3) is 10.0 Å².